The molecule has 1 N–H and O–H groups in total. The van der Waals surface area contributed by atoms with E-state index in [4.69, 9.17) is 5.11 Å². The van der Waals surface area contributed by atoms with E-state index in [1.54, 1.807) is 13.0 Å². The van der Waals surface area contributed by atoms with Crippen LogP contribution in [-0.4, -0.2) is 44.4 Å². The molecule has 1 aliphatic rings. The Bertz CT molecular complexity index is 682. The van der Waals surface area contributed by atoms with Crippen LogP contribution in [0.2, 0.25) is 0 Å². The first kappa shape index (κ1) is 15.3. The largest absolute Gasteiger partial charge is 0.478 e. The van der Waals surface area contributed by atoms with Crippen LogP contribution < -0.4 is 4.31 Å². The SMILES string of the molecule is CCOC(=O)CS(=O)(=O)N1CCc2ccc(C(=O)O)cc21. The Morgan fingerprint density at radius 2 is 2.10 bits per heavy atom. The van der Waals surface area contributed by atoms with E-state index in [9.17, 15) is 18.0 Å². The van der Waals surface area contributed by atoms with E-state index >= 15 is 0 Å². The fourth-order valence-corrected chi connectivity index (χ4v) is 3.58. The highest BCUT2D eigenvalue weighted by Gasteiger charge is 2.32. The molecule has 0 radical (unpaired) electrons. The Morgan fingerprint density at radius 3 is 2.71 bits per heavy atom. The molecule has 0 saturated carbocycles. The van der Waals surface area contributed by atoms with Crippen molar-refractivity contribution >= 4 is 27.6 Å². The molecule has 0 atom stereocenters. The lowest BCUT2D eigenvalue weighted by molar-refractivity contribution is -0.139. The Labute approximate surface area is 122 Å². The topological polar surface area (TPSA) is 101 Å². The molecule has 0 spiro atoms. The molecule has 1 aromatic rings. The molecule has 114 valence electrons. The van der Waals surface area contributed by atoms with Gasteiger partial charge in [-0.15, -0.1) is 0 Å². The van der Waals surface area contributed by atoms with E-state index in [1.807, 2.05) is 0 Å². The van der Waals surface area contributed by atoms with Gasteiger partial charge in [-0.05, 0) is 31.0 Å². The Morgan fingerprint density at radius 1 is 1.38 bits per heavy atom. The van der Waals surface area contributed by atoms with E-state index < -0.39 is 27.7 Å². The first-order valence-corrected chi connectivity index (χ1v) is 7.98. The Kier molecular flexibility index (Phi) is 4.17. The number of carbonyl (C=O) groups is 2. The normalized spacial score (nSPS) is 13.9. The summed E-state index contributed by atoms with van der Waals surface area (Å²) >= 11 is 0. The minimum atomic E-state index is -3.87. The lowest BCUT2D eigenvalue weighted by atomic mass is 10.1. The third-order valence-corrected chi connectivity index (χ3v) is 4.78. The summed E-state index contributed by atoms with van der Waals surface area (Å²) in [7, 11) is -3.87. The molecule has 2 rings (SSSR count). The van der Waals surface area contributed by atoms with Crippen LogP contribution in [-0.2, 0) is 26.0 Å². The Hall–Kier alpha value is -2.09. The van der Waals surface area contributed by atoms with Gasteiger partial charge in [-0.1, -0.05) is 6.07 Å². The van der Waals surface area contributed by atoms with Crippen LogP contribution in [0.5, 0.6) is 0 Å². The molecule has 0 fully saturated rings. The van der Waals surface area contributed by atoms with Crippen LogP contribution in [0.3, 0.4) is 0 Å². The molecule has 0 unspecified atom stereocenters. The highest BCUT2D eigenvalue weighted by Crippen LogP contribution is 2.31. The number of hydrogen-bond acceptors (Lipinski definition) is 5. The first-order chi connectivity index (χ1) is 9.85. The summed E-state index contributed by atoms with van der Waals surface area (Å²) in [4.78, 5) is 22.4. The van der Waals surface area contributed by atoms with E-state index in [0.29, 0.717) is 12.1 Å². The second kappa shape index (κ2) is 5.72. The van der Waals surface area contributed by atoms with Crippen molar-refractivity contribution in [2.24, 2.45) is 0 Å². The average molecular weight is 313 g/mol. The number of rotatable bonds is 5. The van der Waals surface area contributed by atoms with Gasteiger partial charge in [0, 0.05) is 6.54 Å². The van der Waals surface area contributed by atoms with Gasteiger partial charge in [0.1, 0.15) is 0 Å². The number of hydrogen-bond donors (Lipinski definition) is 1. The minimum absolute atomic E-state index is 0.00647. The van der Waals surface area contributed by atoms with E-state index in [2.05, 4.69) is 4.74 Å². The van der Waals surface area contributed by atoms with Gasteiger partial charge in [0.25, 0.3) is 0 Å². The van der Waals surface area contributed by atoms with Gasteiger partial charge >= 0.3 is 11.9 Å². The van der Waals surface area contributed by atoms with Crippen LogP contribution in [0, 0.1) is 0 Å². The van der Waals surface area contributed by atoms with Crippen molar-refractivity contribution in [3.8, 4) is 0 Å². The summed E-state index contributed by atoms with van der Waals surface area (Å²) in [6.07, 6.45) is 0.483. The number of carbonyl (C=O) groups excluding carboxylic acids is 1. The number of fused-ring (bicyclic) bond motifs is 1. The zero-order chi connectivity index (χ0) is 15.6. The number of carboxylic acid groups (broad SMARTS) is 1. The van der Waals surface area contributed by atoms with E-state index in [-0.39, 0.29) is 18.7 Å². The monoisotopic (exact) mass is 313 g/mol. The van der Waals surface area contributed by atoms with Gasteiger partial charge in [0.2, 0.25) is 10.0 Å². The molecular weight excluding hydrogens is 298 g/mol. The predicted molar refractivity (Wildman–Crippen MR) is 74.9 cm³/mol. The van der Waals surface area contributed by atoms with Crippen LogP contribution in [0.25, 0.3) is 0 Å². The molecule has 7 nitrogen and oxygen atoms in total. The van der Waals surface area contributed by atoms with Crippen molar-refractivity contribution in [2.75, 3.05) is 23.2 Å². The number of benzene rings is 1. The van der Waals surface area contributed by atoms with Gasteiger partial charge < -0.3 is 9.84 Å². The third kappa shape index (κ3) is 3.15. The second-order valence-electron chi connectivity index (χ2n) is 4.53. The first-order valence-electron chi connectivity index (χ1n) is 6.37. The molecule has 8 heteroatoms. The fraction of sp³-hybridized carbons (Fsp3) is 0.385. The maximum atomic E-state index is 12.2. The molecule has 1 aromatic carbocycles. The van der Waals surface area contributed by atoms with Gasteiger partial charge in [-0.2, -0.15) is 0 Å². The smallest absolute Gasteiger partial charge is 0.335 e. The summed E-state index contributed by atoms with van der Waals surface area (Å²) in [5.41, 5.74) is 1.07. The molecule has 0 saturated heterocycles. The standard InChI is InChI=1S/C13H15NO6S/c1-2-20-12(15)8-21(18,19)14-6-5-9-3-4-10(13(16)17)7-11(9)14/h3-4,7H,2,5-6,8H2,1H3,(H,16,17). The summed E-state index contributed by atoms with van der Waals surface area (Å²) in [6, 6.07) is 4.34. The maximum absolute atomic E-state index is 12.2. The lowest BCUT2D eigenvalue weighted by Crippen LogP contribution is -2.34. The maximum Gasteiger partial charge on any atom is 0.335 e. The number of sulfonamides is 1. The van der Waals surface area contributed by atoms with Gasteiger partial charge in [-0.25, -0.2) is 13.2 Å². The molecule has 1 aliphatic heterocycles. The molecule has 1 heterocycles. The highest BCUT2D eigenvalue weighted by molar-refractivity contribution is 7.93. The number of carboxylic acids is 1. The summed E-state index contributed by atoms with van der Waals surface area (Å²) in [5.74, 6) is -2.70. The van der Waals surface area contributed by atoms with E-state index in [1.165, 1.54) is 12.1 Å². The molecule has 0 bridgehead atoms. The van der Waals surface area contributed by atoms with Crippen LogP contribution in [0.1, 0.15) is 22.8 Å². The minimum Gasteiger partial charge on any atom is -0.478 e. The molecule has 21 heavy (non-hydrogen) atoms. The third-order valence-electron chi connectivity index (χ3n) is 3.13. The van der Waals surface area contributed by atoms with Crippen molar-refractivity contribution in [3.05, 3.63) is 29.3 Å². The second-order valence-corrected chi connectivity index (χ2v) is 6.43. The van der Waals surface area contributed by atoms with Crippen LogP contribution in [0.4, 0.5) is 5.69 Å². The van der Waals surface area contributed by atoms with Crippen LogP contribution in [0.15, 0.2) is 18.2 Å². The summed E-state index contributed by atoms with van der Waals surface area (Å²) in [5, 5.41) is 8.98. The number of esters is 1. The molecule has 0 aromatic heterocycles. The zero-order valence-corrected chi connectivity index (χ0v) is 12.2. The average Bonchev–Trinajstić information content (AvgIpc) is 2.81. The Balaban J connectivity index is 2.31. The van der Waals surface area contributed by atoms with Gasteiger partial charge in [0.05, 0.1) is 17.9 Å². The van der Waals surface area contributed by atoms with Gasteiger partial charge in [-0.3, -0.25) is 9.10 Å². The van der Waals surface area contributed by atoms with Crippen molar-refractivity contribution in [1.82, 2.24) is 0 Å². The number of ether oxygens (including phenoxy) is 1. The highest BCUT2D eigenvalue weighted by atomic mass is 32.2. The number of nitrogens with zero attached hydrogens (tertiary/aromatic N) is 1. The predicted octanol–water partition coefficient (Wildman–Crippen LogP) is 0.640. The molecule has 0 aliphatic carbocycles. The van der Waals surface area contributed by atoms with E-state index in [0.717, 1.165) is 9.87 Å². The van der Waals surface area contributed by atoms with Crippen molar-refractivity contribution < 1.29 is 27.9 Å². The summed E-state index contributed by atoms with van der Waals surface area (Å²) < 4.78 is 30.2. The van der Waals surface area contributed by atoms with Crippen molar-refractivity contribution in [2.45, 2.75) is 13.3 Å². The zero-order valence-electron chi connectivity index (χ0n) is 11.4. The van der Waals surface area contributed by atoms with Crippen LogP contribution >= 0.6 is 0 Å². The quantitative estimate of drug-likeness (QED) is 0.801. The lowest BCUT2D eigenvalue weighted by Gasteiger charge is -2.19. The van der Waals surface area contributed by atoms with Gasteiger partial charge in [0.15, 0.2) is 5.75 Å². The molecule has 0 amide bonds. The van der Waals surface area contributed by atoms with Crippen molar-refractivity contribution in [1.29, 1.82) is 0 Å². The molecular formula is C13H15NO6S. The summed E-state index contributed by atoms with van der Waals surface area (Å²) in [6.45, 7) is 1.89. The van der Waals surface area contributed by atoms with Crippen molar-refractivity contribution in [3.63, 3.8) is 0 Å². The number of aromatic carboxylic acids is 1. The number of anilines is 1. The fourth-order valence-electron chi connectivity index (χ4n) is 2.20.